The summed E-state index contributed by atoms with van der Waals surface area (Å²) in [4.78, 5) is 43.4. The fourth-order valence-electron chi connectivity index (χ4n) is 4.09. The van der Waals surface area contributed by atoms with E-state index >= 15 is 0 Å². The van der Waals surface area contributed by atoms with Crippen LogP contribution in [0.4, 0.5) is 36.3 Å². The van der Waals surface area contributed by atoms with Gasteiger partial charge in [0.1, 0.15) is 22.3 Å². The number of benzene rings is 1. The lowest BCUT2D eigenvalue weighted by Gasteiger charge is -2.17. The van der Waals surface area contributed by atoms with Crippen LogP contribution >= 0.6 is 19.2 Å². The largest absolute Gasteiger partial charge is 0.495 e. The molecule has 0 unspecified atom stereocenters. The normalized spacial score (nSPS) is 11.8. The van der Waals surface area contributed by atoms with Gasteiger partial charge in [0, 0.05) is 26.4 Å². The van der Waals surface area contributed by atoms with Crippen molar-refractivity contribution in [2.24, 2.45) is 0 Å². The van der Waals surface area contributed by atoms with Crippen LogP contribution in [-0.2, 0) is 23.4 Å². The summed E-state index contributed by atoms with van der Waals surface area (Å²) < 4.78 is 60.1. The van der Waals surface area contributed by atoms with E-state index < -0.39 is 37.2 Å². The van der Waals surface area contributed by atoms with Crippen LogP contribution in [0.2, 0.25) is 5.15 Å². The van der Waals surface area contributed by atoms with E-state index in [1.54, 1.807) is 0 Å². The van der Waals surface area contributed by atoms with E-state index in [1.165, 1.54) is 55.4 Å². The SMILES string of the molecule is CNC(=O)c1nc(-c2cnn(CCCO)c2Cl)ccc1Nc1nc(Nc2ccc(CP(=O)(O)O)cc2OC)ncc1C(F)(F)F. The van der Waals surface area contributed by atoms with Gasteiger partial charge in [0.2, 0.25) is 5.95 Å². The number of aryl methyl sites for hydroxylation is 1. The standard InChI is InChI=1S/C26H27ClF3N8O6P/c1-31-24(40)21-19(7-6-17(34-21)15-11-33-38(22(15)27)8-3-9-39)35-23-16(26(28,29)30)12-32-25(37-23)36-18-5-4-14(10-20(18)44-2)13-45(41,42)43/h4-7,10-12,39H,3,8-9,13H2,1-2H3,(H,31,40)(H2,41,42,43)(H2,32,35,36,37). The van der Waals surface area contributed by atoms with Crippen LogP contribution in [0.5, 0.6) is 5.75 Å². The molecule has 0 spiro atoms. The molecule has 4 rings (SSSR count). The lowest BCUT2D eigenvalue weighted by molar-refractivity contribution is -0.137. The molecule has 240 valence electrons. The maximum Gasteiger partial charge on any atom is 0.421 e. The Hall–Kier alpha value is -4.28. The van der Waals surface area contributed by atoms with Crippen molar-refractivity contribution in [1.82, 2.24) is 30.0 Å². The van der Waals surface area contributed by atoms with Gasteiger partial charge >= 0.3 is 13.8 Å². The van der Waals surface area contributed by atoms with Crippen LogP contribution in [0.3, 0.4) is 0 Å². The maximum absolute atomic E-state index is 14.0. The van der Waals surface area contributed by atoms with Crippen molar-refractivity contribution in [3.63, 3.8) is 0 Å². The highest BCUT2D eigenvalue weighted by Gasteiger charge is 2.36. The summed E-state index contributed by atoms with van der Waals surface area (Å²) in [5.41, 5.74) is -0.582. The number of carbonyl (C=O) groups is 1. The molecule has 0 aliphatic heterocycles. The lowest BCUT2D eigenvalue weighted by Crippen LogP contribution is -2.21. The van der Waals surface area contributed by atoms with E-state index in [1.807, 2.05) is 0 Å². The summed E-state index contributed by atoms with van der Waals surface area (Å²) in [5, 5.41) is 21.1. The smallest absolute Gasteiger partial charge is 0.421 e. The Bertz CT molecular complexity index is 1750. The van der Waals surface area contributed by atoms with E-state index in [9.17, 15) is 32.3 Å². The van der Waals surface area contributed by atoms with Crippen LogP contribution in [0, 0.1) is 0 Å². The monoisotopic (exact) mass is 670 g/mol. The van der Waals surface area contributed by atoms with Crippen LogP contribution in [0.15, 0.2) is 42.7 Å². The first-order valence-corrected chi connectivity index (χ1v) is 15.2. The number of anilines is 4. The van der Waals surface area contributed by atoms with E-state index in [0.29, 0.717) is 24.7 Å². The predicted octanol–water partition coefficient (Wildman–Crippen LogP) is 4.32. The van der Waals surface area contributed by atoms with Crippen molar-refractivity contribution < 1.29 is 42.2 Å². The zero-order valence-corrected chi connectivity index (χ0v) is 25.3. The first kappa shape index (κ1) is 33.6. The number of aromatic nitrogens is 5. The molecule has 1 amide bonds. The molecule has 0 saturated carbocycles. The van der Waals surface area contributed by atoms with E-state index in [4.69, 9.17) is 21.4 Å². The second kappa shape index (κ2) is 13.8. The second-order valence-corrected chi connectivity index (χ2v) is 11.4. The first-order chi connectivity index (χ1) is 21.2. The fraction of sp³-hybridized carbons (Fsp3) is 0.269. The van der Waals surface area contributed by atoms with Gasteiger partial charge in [-0.05, 0) is 36.2 Å². The van der Waals surface area contributed by atoms with Gasteiger partial charge in [0.05, 0.1) is 42.1 Å². The van der Waals surface area contributed by atoms with E-state index in [2.05, 4.69) is 36.0 Å². The molecular weight excluding hydrogens is 644 g/mol. The molecule has 0 aliphatic carbocycles. The number of aliphatic hydroxyl groups is 1. The van der Waals surface area contributed by atoms with Crippen LogP contribution < -0.4 is 20.7 Å². The number of rotatable bonds is 12. The molecule has 0 fully saturated rings. The Morgan fingerprint density at radius 1 is 1.11 bits per heavy atom. The predicted molar refractivity (Wildman–Crippen MR) is 158 cm³/mol. The van der Waals surface area contributed by atoms with Crippen LogP contribution in [0.25, 0.3) is 11.3 Å². The maximum atomic E-state index is 14.0. The third-order valence-corrected chi connectivity index (χ3v) is 7.34. The second-order valence-electron chi connectivity index (χ2n) is 9.38. The molecule has 3 heterocycles. The van der Waals surface area contributed by atoms with Crippen molar-refractivity contribution >= 4 is 48.2 Å². The molecular formula is C26H27ClF3N8O6P. The number of hydrogen-bond donors (Lipinski definition) is 6. The average molecular weight is 671 g/mol. The summed E-state index contributed by atoms with van der Waals surface area (Å²) in [5.74, 6) is -1.59. The fourth-order valence-corrected chi connectivity index (χ4v) is 5.03. The summed E-state index contributed by atoms with van der Waals surface area (Å²) >= 11 is 6.41. The number of ether oxygens (including phenoxy) is 1. The van der Waals surface area contributed by atoms with Gasteiger partial charge in [-0.25, -0.2) is 9.97 Å². The summed E-state index contributed by atoms with van der Waals surface area (Å²) in [7, 11) is -1.74. The summed E-state index contributed by atoms with van der Waals surface area (Å²) in [6.45, 7) is 0.245. The number of pyridine rings is 1. The van der Waals surface area contributed by atoms with Gasteiger partial charge in [-0.1, -0.05) is 17.7 Å². The number of halogens is 4. The molecule has 6 N–H and O–H groups in total. The molecule has 3 aromatic heterocycles. The Morgan fingerprint density at radius 3 is 2.49 bits per heavy atom. The van der Waals surface area contributed by atoms with Gasteiger partial charge < -0.3 is 35.6 Å². The number of methoxy groups -OCH3 is 1. The van der Waals surface area contributed by atoms with Gasteiger partial charge in [-0.3, -0.25) is 14.0 Å². The molecule has 0 radical (unpaired) electrons. The minimum Gasteiger partial charge on any atom is -0.495 e. The molecule has 45 heavy (non-hydrogen) atoms. The van der Waals surface area contributed by atoms with Crippen LogP contribution in [0.1, 0.15) is 28.0 Å². The van der Waals surface area contributed by atoms with Crippen molar-refractivity contribution in [2.45, 2.75) is 25.3 Å². The molecule has 0 aliphatic rings. The van der Waals surface area contributed by atoms with Gasteiger partial charge in [-0.2, -0.15) is 23.3 Å². The third-order valence-electron chi connectivity index (χ3n) is 6.16. The minimum absolute atomic E-state index is 0.0790. The number of amides is 1. The number of nitrogens with zero attached hydrogens (tertiary/aromatic N) is 5. The number of hydrogen-bond acceptors (Lipinski definition) is 10. The first-order valence-electron chi connectivity index (χ1n) is 13.0. The van der Waals surface area contributed by atoms with E-state index in [0.717, 1.165) is 0 Å². The molecule has 14 nitrogen and oxygen atoms in total. The zero-order chi connectivity index (χ0) is 32.9. The van der Waals surface area contributed by atoms with Crippen molar-refractivity contribution in [3.05, 3.63) is 64.7 Å². The van der Waals surface area contributed by atoms with Crippen molar-refractivity contribution in [1.29, 1.82) is 0 Å². The number of nitrogens with one attached hydrogen (secondary N) is 3. The Balaban J connectivity index is 1.71. The molecule has 0 bridgehead atoms. The van der Waals surface area contributed by atoms with Gasteiger partial charge in [-0.15, -0.1) is 0 Å². The zero-order valence-electron chi connectivity index (χ0n) is 23.6. The summed E-state index contributed by atoms with van der Waals surface area (Å²) in [6.07, 6.45) is -3.08. The highest BCUT2D eigenvalue weighted by atomic mass is 35.5. The minimum atomic E-state index is -4.89. The molecule has 0 atom stereocenters. The highest BCUT2D eigenvalue weighted by molar-refractivity contribution is 7.50. The molecule has 4 aromatic rings. The number of alkyl halides is 3. The summed E-state index contributed by atoms with van der Waals surface area (Å²) in [6, 6.07) is 6.94. The molecule has 0 saturated heterocycles. The van der Waals surface area contributed by atoms with E-state index in [-0.39, 0.29) is 51.8 Å². The third kappa shape index (κ3) is 8.26. The average Bonchev–Trinajstić information content (AvgIpc) is 3.35. The quantitative estimate of drug-likeness (QED) is 0.117. The van der Waals surface area contributed by atoms with Crippen molar-refractivity contribution in [2.75, 3.05) is 31.4 Å². The molecule has 1 aromatic carbocycles. The highest BCUT2D eigenvalue weighted by Crippen LogP contribution is 2.41. The van der Waals surface area contributed by atoms with Gasteiger partial charge in [0.15, 0.2) is 5.69 Å². The molecule has 19 heteroatoms. The lowest BCUT2D eigenvalue weighted by atomic mass is 10.1. The Kier molecular flexibility index (Phi) is 10.3. The van der Waals surface area contributed by atoms with Crippen LogP contribution in [-0.4, -0.2) is 66.3 Å². The van der Waals surface area contributed by atoms with Crippen molar-refractivity contribution in [3.8, 4) is 17.0 Å². The topological polar surface area (TPSA) is 197 Å². The number of carbonyl (C=O) groups excluding carboxylic acids is 1. The Labute approximate surface area is 258 Å². The number of aliphatic hydroxyl groups excluding tert-OH is 1. The van der Waals surface area contributed by atoms with Gasteiger partial charge in [0.25, 0.3) is 5.91 Å². The Morgan fingerprint density at radius 2 is 1.84 bits per heavy atom.